The summed E-state index contributed by atoms with van der Waals surface area (Å²) >= 11 is 0. The smallest absolute Gasteiger partial charge is 0.212 e. The second kappa shape index (κ2) is 8.29. The van der Waals surface area contributed by atoms with Crippen molar-refractivity contribution in [2.45, 2.75) is 12.7 Å². The number of rotatable bonds is 3. The first kappa shape index (κ1) is 19.9. The molecule has 2 aromatic carbocycles. The molecule has 0 aliphatic rings. The van der Waals surface area contributed by atoms with Crippen LogP contribution in [0.3, 0.4) is 0 Å². The molecule has 26 heavy (non-hydrogen) atoms. The first-order chi connectivity index (χ1) is 12.2. The Balaban J connectivity index is 0.000000197. The molecule has 0 unspecified atom stereocenters. The highest BCUT2D eigenvalue weighted by Crippen LogP contribution is 2.18. The van der Waals surface area contributed by atoms with Gasteiger partial charge in [-0.2, -0.15) is 4.57 Å². The Kier molecular flexibility index (Phi) is 6.34. The molecular formula is C20H24N2O3S. The summed E-state index contributed by atoms with van der Waals surface area (Å²) in [5.41, 5.74) is 4.33. The minimum atomic E-state index is -4.13. The minimum absolute atomic E-state index is 0.423. The van der Waals surface area contributed by atoms with Gasteiger partial charge < -0.3 is 9.45 Å². The lowest BCUT2D eigenvalue weighted by atomic mass is 10.1. The van der Waals surface area contributed by atoms with Crippen LogP contribution in [0.5, 0.6) is 0 Å². The van der Waals surface area contributed by atoms with Crippen molar-refractivity contribution in [2.24, 2.45) is 7.05 Å². The van der Waals surface area contributed by atoms with Gasteiger partial charge in [-0.3, -0.25) is 0 Å². The van der Waals surface area contributed by atoms with Crippen LogP contribution in [0.1, 0.15) is 11.3 Å². The van der Waals surface area contributed by atoms with Crippen LogP contribution in [-0.2, 0) is 22.9 Å². The van der Waals surface area contributed by atoms with Crippen molar-refractivity contribution in [1.29, 1.82) is 0 Å². The van der Waals surface area contributed by atoms with E-state index in [2.05, 4.69) is 67.9 Å². The maximum absolute atomic E-state index is 10.2. The minimum Gasteiger partial charge on any atom is -0.748 e. The van der Waals surface area contributed by atoms with Crippen molar-refractivity contribution in [3.63, 3.8) is 0 Å². The predicted octanol–water partition coefficient (Wildman–Crippen LogP) is 2.77. The number of benzene rings is 2. The van der Waals surface area contributed by atoms with Crippen LogP contribution < -0.4 is 9.47 Å². The molecule has 6 heteroatoms. The summed E-state index contributed by atoms with van der Waals surface area (Å²) in [6.45, 7) is 2.12. The van der Waals surface area contributed by atoms with Gasteiger partial charge in [0, 0.05) is 44.2 Å². The Morgan fingerprint density at radius 1 is 1.00 bits per heavy atom. The van der Waals surface area contributed by atoms with Gasteiger partial charge in [0.25, 0.3) is 0 Å². The Morgan fingerprint density at radius 3 is 2.23 bits per heavy atom. The number of aryl methyl sites for hydroxylation is 2. The highest BCUT2D eigenvalue weighted by molar-refractivity contribution is 7.84. The van der Waals surface area contributed by atoms with Crippen molar-refractivity contribution >= 4 is 26.7 Å². The van der Waals surface area contributed by atoms with E-state index in [0.29, 0.717) is 5.56 Å². The van der Waals surface area contributed by atoms with E-state index in [0.717, 1.165) is 0 Å². The van der Waals surface area contributed by atoms with Crippen molar-refractivity contribution in [2.75, 3.05) is 19.0 Å². The average molecular weight is 372 g/mol. The van der Waals surface area contributed by atoms with Crippen LogP contribution in [0.25, 0.3) is 10.9 Å². The molecule has 0 radical (unpaired) electrons. The number of nitrogens with zero attached hydrogens (tertiary/aromatic N) is 2. The molecule has 0 bridgehead atoms. The zero-order valence-electron chi connectivity index (χ0n) is 15.5. The van der Waals surface area contributed by atoms with Gasteiger partial charge in [0.1, 0.15) is 7.05 Å². The van der Waals surface area contributed by atoms with Crippen molar-refractivity contribution in [3.8, 4) is 0 Å². The van der Waals surface area contributed by atoms with E-state index in [-0.39, 0.29) is 0 Å². The molecule has 1 heterocycles. The maximum atomic E-state index is 10.2. The second-order valence-electron chi connectivity index (χ2n) is 6.36. The summed E-state index contributed by atoms with van der Waals surface area (Å²) in [4.78, 5) is 2.12. The van der Waals surface area contributed by atoms with Gasteiger partial charge in [0.2, 0.25) is 5.52 Å². The molecule has 0 spiro atoms. The van der Waals surface area contributed by atoms with Gasteiger partial charge in [0.05, 0.1) is 15.9 Å². The van der Waals surface area contributed by atoms with Crippen LogP contribution >= 0.6 is 0 Å². The first-order valence-corrected chi connectivity index (χ1v) is 9.79. The molecule has 5 nitrogen and oxygen atoms in total. The summed E-state index contributed by atoms with van der Waals surface area (Å²) in [5, 5.41) is 1.29. The van der Waals surface area contributed by atoms with Crippen LogP contribution in [0.4, 0.5) is 5.69 Å². The van der Waals surface area contributed by atoms with Crippen LogP contribution in [0, 0.1) is 6.92 Å². The highest BCUT2D eigenvalue weighted by atomic mass is 32.2. The van der Waals surface area contributed by atoms with Crippen LogP contribution in [-0.4, -0.2) is 27.1 Å². The van der Waals surface area contributed by atoms with E-state index in [1.54, 1.807) is 30.3 Å². The van der Waals surface area contributed by atoms with Gasteiger partial charge in [-0.25, -0.2) is 8.42 Å². The van der Waals surface area contributed by atoms with Crippen LogP contribution in [0.15, 0.2) is 60.7 Å². The normalized spacial score (nSPS) is 11.0. The topological polar surface area (TPSA) is 64.3 Å². The molecule has 138 valence electrons. The number of fused-ring (bicyclic) bond motifs is 1. The number of anilines is 1. The monoisotopic (exact) mass is 372 g/mol. The van der Waals surface area contributed by atoms with E-state index in [9.17, 15) is 13.0 Å². The molecule has 3 rings (SSSR count). The second-order valence-corrected chi connectivity index (χ2v) is 7.76. The zero-order valence-corrected chi connectivity index (χ0v) is 16.3. The molecule has 0 fully saturated rings. The van der Waals surface area contributed by atoms with Gasteiger partial charge in [-0.15, -0.1) is 0 Å². The molecule has 0 aliphatic heterocycles. The third-order valence-electron chi connectivity index (χ3n) is 4.11. The Hall–Kier alpha value is -2.44. The lowest BCUT2D eigenvalue weighted by molar-refractivity contribution is -0.651. The quantitative estimate of drug-likeness (QED) is 0.524. The van der Waals surface area contributed by atoms with E-state index in [1.807, 2.05) is 0 Å². The standard InChI is InChI=1S/C13H17N2.C7H8O3S/c1-10-5-6-11-9-12(14(2)3)7-8-13(11)15(10)4;8-11(9,10)6-7-4-2-1-3-5-7/h5-9H,1-4H3;1-5H,6H2,(H,8,9,10)/q+1;/p-1. The number of hydrogen-bond acceptors (Lipinski definition) is 4. The fraction of sp³-hybridized carbons (Fsp3) is 0.250. The first-order valence-electron chi connectivity index (χ1n) is 8.21. The lowest BCUT2D eigenvalue weighted by Gasteiger charge is -2.12. The molecule has 0 saturated carbocycles. The fourth-order valence-electron chi connectivity index (χ4n) is 2.55. The zero-order chi connectivity index (χ0) is 19.3. The summed E-state index contributed by atoms with van der Waals surface area (Å²) < 4.78 is 33.0. The molecule has 0 saturated heterocycles. The fourth-order valence-corrected chi connectivity index (χ4v) is 3.15. The van der Waals surface area contributed by atoms with Crippen molar-refractivity contribution in [3.05, 3.63) is 71.9 Å². The highest BCUT2D eigenvalue weighted by Gasteiger charge is 2.08. The number of aromatic nitrogens is 1. The van der Waals surface area contributed by atoms with Crippen LogP contribution in [0.2, 0.25) is 0 Å². The summed E-state index contributed by atoms with van der Waals surface area (Å²) in [5.74, 6) is -0.423. The molecule has 0 amide bonds. The summed E-state index contributed by atoms with van der Waals surface area (Å²) in [6.07, 6.45) is 0. The number of hydrogen-bond donors (Lipinski definition) is 0. The molecule has 0 N–H and O–H groups in total. The van der Waals surface area contributed by atoms with E-state index >= 15 is 0 Å². The molecule has 3 aromatic rings. The largest absolute Gasteiger partial charge is 0.748 e. The average Bonchev–Trinajstić information content (AvgIpc) is 2.58. The van der Waals surface area contributed by atoms with Gasteiger partial charge in [0.15, 0.2) is 5.69 Å². The van der Waals surface area contributed by atoms with E-state index in [1.165, 1.54) is 22.3 Å². The van der Waals surface area contributed by atoms with E-state index < -0.39 is 15.9 Å². The lowest BCUT2D eigenvalue weighted by Crippen LogP contribution is -2.32. The van der Waals surface area contributed by atoms with Crippen molar-refractivity contribution in [1.82, 2.24) is 0 Å². The van der Waals surface area contributed by atoms with Gasteiger partial charge in [-0.05, 0) is 23.8 Å². The molecular weight excluding hydrogens is 348 g/mol. The Morgan fingerprint density at radius 2 is 1.65 bits per heavy atom. The number of pyridine rings is 1. The van der Waals surface area contributed by atoms with Gasteiger partial charge >= 0.3 is 0 Å². The summed E-state index contributed by atoms with van der Waals surface area (Å²) in [6, 6.07) is 19.3. The SMILES string of the molecule is Cc1ccc2cc(N(C)C)ccc2[n+]1C.O=S(=O)([O-])Cc1ccccc1. The van der Waals surface area contributed by atoms with E-state index in [4.69, 9.17) is 0 Å². The van der Waals surface area contributed by atoms with Gasteiger partial charge in [-0.1, -0.05) is 30.3 Å². The third kappa shape index (κ3) is 5.54. The molecule has 0 atom stereocenters. The predicted molar refractivity (Wildman–Crippen MR) is 104 cm³/mol. The maximum Gasteiger partial charge on any atom is 0.212 e. The summed E-state index contributed by atoms with van der Waals surface area (Å²) in [7, 11) is 2.11. The molecule has 0 aliphatic carbocycles. The Bertz CT molecular complexity index is 985. The van der Waals surface area contributed by atoms with Crippen molar-refractivity contribution < 1.29 is 17.5 Å². The third-order valence-corrected chi connectivity index (χ3v) is 4.80. The Labute approximate surface area is 155 Å². The molecule has 1 aromatic heterocycles.